The Morgan fingerprint density at radius 3 is 2.68 bits per heavy atom. The Kier molecular flexibility index (Phi) is 4.42. The third kappa shape index (κ3) is 3.96. The van der Waals surface area contributed by atoms with Crippen LogP contribution in [0.5, 0.6) is 0 Å². The molecule has 0 atom stereocenters. The molecule has 1 aromatic carbocycles. The van der Waals surface area contributed by atoms with E-state index in [0.29, 0.717) is 5.76 Å². The highest BCUT2D eigenvalue weighted by atomic mass is 127. The molecule has 1 aromatic heterocycles. The molecule has 0 saturated heterocycles. The van der Waals surface area contributed by atoms with E-state index in [1.54, 1.807) is 6.08 Å². The number of aryl methyl sites for hydroxylation is 2. The first-order chi connectivity index (χ1) is 9.04. The zero-order valence-electron chi connectivity index (χ0n) is 10.7. The van der Waals surface area contributed by atoms with Crippen molar-refractivity contribution in [2.45, 2.75) is 13.8 Å². The van der Waals surface area contributed by atoms with Crippen LogP contribution in [0.4, 0.5) is 5.69 Å². The molecule has 0 bridgehead atoms. The van der Waals surface area contributed by atoms with Gasteiger partial charge in [-0.1, -0.05) is 0 Å². The summed E-state index contributed by atoms with van der Waals surface area (Å²) in [7, 11) is 0. The van der Waals surface area contributed by atoms with Gasteiger partial charge in [0.15, 0.2) is 0 Å². The second kappa shape index (κ2) is 6.06. The normalized spacial score (nSPS) is 10.9. The van der Waals surface area contributed by atoms with Gasteiger partial charge in [-0.15, -0.1) is 0 Å². The fourth-order valence-electron chi connectivity index (χ4n) is 1.64. The summed E-state index contributed by atoms with van der Waals surface area (Å²) in [4.78, 5) is 11.8. The van der Waals surface area contributed by atoms with E-state index < -0.39 is 0 Å². The van der Waals surface area contributed by atoms with Crippen LogP contribution in [0.2, 0.25) is 0 Å². The maximum atomic E-state index is 11.8. The van der Waals surface area contributed by atoms with Crippen molar-refractivity contribution in [3.63, 3.8) is 0 Å². The Balaban J connectivity index is 2.03. The number of furan rings is 1. The molecule has 1 heterocycles. The smallest absolute Gasteiger partial charge is 0.248 e. The molecule has 0 radical (unpaired) electrons. The molecule has 2 rings (SSSR count). The summed E-state index contributed by atoms with van der Waals surface area (Å²) in [6, 6.07) is 9.58. The quantitative estimate of drug-likeness (QED) is 0.654. The fourth-order valence-corrected chi connectivity index (χ4v) is 2.29. The summed E-state index contributed by atoms with van der Waals surface area (Å²) in [5, 5.41) is 2.84. The molecule has 0 spiro atoms. The van der Waals surface area contributed by atoms with Gasteiger partial charge in [-0.25, -0.2) is 0 Å². The summed E-state index contributed by atoms with van der Waals surface area (Å²) >= 11 is 2.24. The standard InChI is InChI=1S/C15H14INO2/c1-10-9-12(16)4-7-14(10)17-15(18)8-6-13-5-3-11(2)19-13/h3-9H,1-2H3,(H,17,18)/b8-6+. The van der Waals surface area contributed by atoms with Gasteiger partial charge in [-0.2, -0.15) is 0 Å². The number of hydrogen-bond donors (Lipinski definition) is 1. The number of hydrogen-bond acceptors (Lipinski definition) is 2. The predicted octanol–water partition coefficient (Wildman–Crippen LogP) is 4.15. The molecule has 0 unspecified atom stereocenters. The highest BCUT2D eigenvalue weighted by Crippen LogP contribution is 2.17. The Morgan fingerprint density at radius 1 is 1.26 bits per heavy atom. The number of rotatable bonds is 3. The van der Waals surface area contributed by atoms with Crippen LogP contribution < -0.4 is 5.32 Å². The number of nitrogens with one attached hydrogen (secondary N) is 1. The van der Waals surface area contributed by atoms with E-state index in [9.17, 15) is 4.79 Å². The molecule has 19 heavy (non-hydrogen) atoms. The first kappa shape index (κ1) is 13.9. The van der Waals surface area contributed by atoms with Gasteiger partial charge in [-0.3, -0.25) is 4.79 Å². The minimum Gasteiger partial charge on any atom is -0.462 e. The van der Waals surface area contributed by atoms with Crippen molar-refractivity contribution in [2.24, 2.45) is 0 Å². The molecule has 0 aliphatic rings. The number of benzene rings is 1. The third-order valence-corrected chi connectivity index (χ3v) is 3.28. The van der Waals surface area contributed by atoms with E-state index in [4.69, 9.17) is 4.42 Å². The highest BCUT2D eigenvalue weighted by Gasteiger charge is 2.02. The molecule has 1 N–H and O–H groups in total. The van der Waals surface area contributed by atoms with Gasteiger partial charge in [0.05, 0.1) is 0 Å². The number of carbonyl (C=O) groups excluding carboxylic acids is 1. The number of carbonyl (C=O) groups is 1. The minimum absolute atomic E-state index is 0.168. The van der Waals surface area contributed by atoms with Gasteiger partial charge < -0.3 is 9.73 Å². The highest BCUT2D eigenvalue weighted by molar-refractivity contribution is 14.1. The maximum absolute atomic E-state index is 11.8. The average Bonchev–Trinajstić information content (AvgIpc) is 2.76. The zero-order chi connectivity index (χ0) is 13.8. The molecule has 0 saturated carbocycles. The number of halogens is 1. The van der Waals surface area contributed by atoms with E-state index >= 15 is 0 Å². The lowest BCUT2D eigenvalue weighted by Crippen LogP contribution is -2.08. The van der Waals surface area contributed by atoms with E-state index in [-0.39, 0.29) is 5.91 Å². The lowest BCUT2D eigenvalue weighted by Gasteiger charge is -2.06. The second-order valence-corrected chi connectivity index (χ2v) is 5.48. The van der Waals surface area contributed by atoms with Crippen molar-refractivity contribution >= 4 is 40.3 Å². The van der Waals surface area contributed by atoms with Crippen molar-refractivity contribution in [2.75, 3.05) is 5.32 Å². The molecule has 0 aliphatic heterocycles. The summed E-state index contributed by atoms with van der Waals surface area (Å²) in [5.74, 6) is 1.33. The van der Waals surface area contributed by atoms with E-state index in [1.807, 2.05) is 44.2 Å². The molecule has 0 aliphatic carbocycles. The van der Waals surface area contributed by atoms with E-state index in [1.165, 1.54) is 6.08 Å². The van der Waals surface area contributed by atoms with Gasteiger partial charge >= 0.3 is 0 Å². The summed E-state index contributed by atoms with van der Waals surface area (Å²) in [6.07, 6.45) is 3.13. The summed E-state index contributed by atoms with van der Waals surface area (Å²) in [6.45, 7) is 3.84. The Hall–Kier alpha value is -1.56. The SMILES string of the molecule is Cc1ccc(/C=C/C(=O)Nc2ccc(I)cc2C)o1. The summed E-state index contributed by atoms with van der Waals surface area (Å²) < 4.78 is 6.50. The minimum atomic E-state index is -0.168. The molecular weight excluding hydrogens is 353 g/mol. The fraction of sp³-hybridized carbons (Fsp3) is 0.133. The van der Waals surface area contributed by atoms with Crippen LogP contribution in [0.25, 0.3) is 6.08 Å². The summed E-state index contributed by atoms with van der Waals surface area (Å²) in [5.41, 5.74) is 1.87. The van der Waals surface area contributed by atoms with Crippen LogP contribution in [0.15, 0.2) is 40.8 Å². The Labute approximate surface area is 125 Å². The third-order valence-electron chi connectivity index (χ3n) is 2.61. The van der Waals surface area contributed by atoms with Crippen LogP contribution in [0, 0.1) is 17.4 Å². The first-order valence-electron chi connectivity index (χ1n) is 5.86. The topological polar surface area (TPSA) is 42.2 Å². The molecule has 0 fully saturated rings. The molecular formula is C15H14INO2. The number of amides is 1. The van der Waals surface area contributed by atoms with Crippen molar-refractivity contribution in [3.8, 4) is 0 Å². The average molecular weight is 367 g/mol. The van der Waals surface area contributed by atoms with Crippen molar-refractivity contribution < 1.29 is 9.21 Å². The van der Waals surface area contributed by atoms with Gasteiger partial charge in [0, 0.05) is 15.3 Å². The lowest BCUT2D eigenvalue weighted by atomic mass is 10.2. The van der Waals surface area contributed by atoms with Gasteiger partial charge in [0.1, 0.15) is 11.5 Å². The molecule has 4 heteroatoms. The van der Waals surface area contributed by atoms with Gasteiger partial charge in [-0.05, 0) is 78.4 Å². The van der Waals surface area contributed by atoms with Gasteiger partial charge in [0.25, 0.3) is 0 Å². The Morgan fingerprint density at radius 2 is 2.05 bits per heavy atom. The maximum Gasteiger partial charge on any atom is 0.248 e. The molecule has 2 aromatic rings. The van der Waals surface area contributed by atoms with Crippen molar-refractivity contribution in [3.05, 3.63) is 57.1 Å². The predicted molar refractivity (Wildman–Crippen MR) is 85.0 cm³/mol. The molecule has 1 amide bonds. The lowest BCUT2D eigenvalue weighted by molar-refractivity contribution is -0.111. The molecule has 3 nitrogen and oxygen atoms in total. The van der Waals surface area contributed by atoms with Crippen LogP contribution in [0.3, 0.4) is 0 Å². The van der Waals surface area contributed by atoms with E-state index in [2.05, 4.69) is 27.9 Å². The van der Waals surface area contributed by atoms with Crippen LogP contribution >= 0.6 is 22.6 Å². The van der Waals surface area contributed by atoms with Crippen LogP contribution in [0.1, 0.15) is 17.1 Å². The van der Waals surface area contributed by atoms with Crippen LogP contribution in [-0.2, 0) is 4.79 Å². The van der Waals surface area contributed by atoms with Crippen molar-refractivity contribution in [1.29, 1.82) is 0 Å². The van der Waals surface area contributed by atoms with Crippen LogP contribution in [-0.4, -0.2) is 5.91 Å². The molecule has 98 valence electrons. The zero-order valence-corrected chi connectivity index (χ0v) is 12.9. The number of anilines is 1. The van der Waals surface area contributed by atoms with Crippen molar-refractivity contribution in [1.82, 2.24) is 0 Å². The Bertz CT molecular complexity index is 629. The first-order valence-corrected chi connectivity index (χ1v) is 6.94. The second-order valence-electron chi connectivity index (χ2n) is 4.23. The van der Waals surface area contributed by atoms with E-state index in [0.717, 1.165) is 20.6 Å². The largest absolute Gasteiger partial charge is 0.462 e. The van der Waals surface area contributed by atoms with Gasteiger partial charge in [0.2, 0.25) is 5.91 Å². The monoisotopic (exact) mass is 367 g/mol.